The van der Waals surface area contributed by atoms with E-state index >= 15 is 0 Å². The highest BCUT2D eigenvalue weighted by Gasteiger charge is 2.15. The highest BCUT2D eigenvalue weighted by molar-refractivity contribution is 5.22. The van der Waals surface area contributed by atoms with Crippen LogP contribution in [0.25, 0.3) is 0 Å². The molecule has 2 rings (SSSR count). The second-order valence-corrected chi connectivity index (χ2v) is 4.96. The van der Waals surface area contributed by atoms with Gasteiger partial charge in [0.05, 0.1) is 6.61 Å². The summed E-state index contributed by atoms with van der Waals surface area (Å²) in [4.78, 5) is 5.05. The molecule has 1 aliphatic rings. The van der Waals surface area contributed by atoms with Crippen LogP contribution in [0.5, 0.6) is 0 Å². The van der Waals surface area contributed by atoms with Crippen LogP contribution in [0, 0.1) is 0 Å². The Morgan fingerprint density at radius 2 is 1.40 bits per heavy atom. The zero-order valence-electron chi connectivity index (χ0n) is 13.6. The number of methoxy groups -OCH3 is 1. The minimum absolute atomic E-state index is 0.704. The topological polar surface area (TPSA) is 15.7 Å². The third-order valence-corrected chi connectivity index (χ3v) is 3.65. The van der Waals surface area contributed by atoms with Crippen LogP contribution in [-0.4, -0.2) is 49.6 Å². The van der Waals surface area contributed by atoms with Crippen molar-refractivity contribution in [3.63, 3.8) is 0 Å². The monoisotopic (exact) mass is 278 g/mol. The van der Waals surface area contributed by atoms with Crippen LogP contribution in [-0.2, 0) is 17.9 Å². The first-order valence-electron chi connectivity index (χ1n) is 7.83. The van der Waals surface area contributed by atoms with Crippen molar-refractivity contribution in [2.45, 2.75) is 33.9 Å². The summed E-state index contributed by atoms with van der Waals surface area (Å²) in [6.07, 6.45) is 0. The van der Waals surface area contributed by atoms with Crippen LogP contribution in [0.1, 0.15) is 31.9 Å². The van der Waals surface area contributed by atoms with E-state index in [0.717, 1.165) is 6.54 Å². The van der Waals surface area contributed by atoms with Gasteiger partial charge < -0.3 is 9.64 Å². The van der Waals surface area contributed by atoms with Gasteiger partial charge in [-0.15, -0.1) is 0 Å². The molecule has 1 aromatic carbocycles. The van der Waals surface area contributed by atoms with Gasteiger partial charge in [-0.1, -0.05) is 45.0 Å². The zero-order valence-corrected chi connectivity index (χ0v) is 13.6. The third kappa shape index (κ3) is 5.61. The number of hydrogen-bond acceptors (Lipinski definition) is 3. The Balaban J connectivity index is 0.000000956. The smallest absolute Gasteiger partial charge is 0.0713 e. The number of likely N-dealkylation sites (N-methyl/N-ethyl adjacent to an activating group) is 1. The van der Waals surface area contributed by atoms with Crippen molar-refractivity contribution in [2.24, 2.45) is 0 Å². The van der Waals surface area contributed by atoms with E-state index in [2.05, 4.69) is 41.0 Å². The molecular formula is C17H30N2O. The van der Waals surface area contributed by atoms with E-state index in [0.29, 0.717) is 6.61 Å². The van der Waals surface area contributed by atoms with E-state index in [-0.39, 0.29) is 0 Å². The highest BCUT2D eigenvalue weighted by Crippen LogP contribution is 2.10. The van der Waals surface area contributed by atoms with Crippen molar-refractivity contribution >= 4 is 0 Å². The quantitative estimate of drug-likeness (QED) is 0.823. The standard InChI is InChI=1S/C15H24N2O.C2H6/c1-3-16-8-10-17(11-9-16)12-14-4-6-15(7-5-14)13-18-2;1-2/h4-7H,3,8-13H2,1-2H3;1-2H3. The van der Waals surface area contributed by atoms with Gasteiger partial charge in [-0.2, -0.15) is 0 Å². The SMILES string of the molecule is CC.CCN1CCN(Cc2ccc(COC)cc2)CC1. The summed E-state index contributed by atoms with van der Waals surface area (Å²) in [7, 11) is 1.74. The minimum Gasteiger partial charge on any atom is -0.380 e. The normalized spacial score (nSPS) is 16.6. The summed E-state index contributed by atoms with van der Waals surface area (Å²) in [5.74, 6) is 0. The van der Waals surface area contributed by atoms with Crippen molar-refractivity contribution < 1.29 is 4.74 Å². The molecule has 1 aliphatic heterocycles. The fraction of sp³-hybridized carbons (Fsp3) is 0.647. The largest absolute Gasteiger partial charge is 0.380 e. The third-order valence-electron chi connectivity index (χ3n) is 3.65. The van der Waals surface area contributed by atoms with Gasteiger partial charge in [0.25, 0.3) is 0 Å². The van der Waals surface area contributed by atoms with Crippen LogP contribution >= 0.6 is 0 Å². The summed E-state index contributed by atoms with van der Waals surface area (Å²) in [5.41, 5.74) is 2.65. The predicted molar refractivity (Wildman–Crippen MR) is 85.9 cm³/mol. The fourth-order valence-corrected chi connectivity index (χ4v) is 2.43. The van der Waals surface area contributed by atoms with Gasteiger partial charge in [-0.25, -0.2) is 0 Å². The second kappa shape index (κ2) is 9.92. The molecule has 3 nitrogen and oxygen atoms in total. The first kappa shape index (κ1) is 17.2. The van der Waals surface area contributed by atoms with Gasteiger partial charge in [0.2, 0.25) is 0 Å². The molecule has 1 aromatic rings. The Labute approximate surface area is 124 Å². The van der Waals surface area contributed by atoms with Crippen LogP contribution in [0.15, 0.2) is 24.3 Å². The maximum absolute atomic E-state index is 5.13. The van der Waals surface area contributed by atoms with E-state index in [1.165, 1.54) is 43.9 Å². The minimum atomic E-state index is 0.704. The molecule has 3 heteroatoms. The average Bonchev–Trinajstić information content (AvgIpc) is 2.52. The Hall–Kier alpha value is -0.900. The number of ether oxygens (including phenoxy) is 1. The molecule has 1 saturated heterocycles. The molecular weight excluding hydrogens is 248 g/mol. The van der Waals surface area contributed by atoms with Gasteiger partial charge in [0.15, 0.2) is 0 Å². The van der Waals surface area contributed by atoms with Gasteiger partial charge in [-0.3, -0.25) is 4.90 Å². The van der Waals surface area contributed by atoms with Gasteiger partial charge in [0.1, 0.15) is 0 Å². The molecule has 0 spiro atoms. The van der Waals surface area contributed by atoms with Crippen LogP contribution in [0.3, 0.4) is 0 Å². The van der Waals surface area contributed by atoms with E-state index in [4.69, 9.17) is 4.74 Å². The molecule has 114 valence electrons. The number of piperazine rings is 1. The summed E-state index contributed by atoms with van der Waals surface area (Å²) in [5, 5.41) is 0. The highest BCUT2D eigenvalue weighted by atomic mass is 16.5. The Morgan fingerprint density at radius 1 is 0.900 bits per heavy atom. The van der Waals surface area contributed by atoms with E-state index in [1.54, 1.807) is 7.11 Å². The number of rotatable bonds is 5. The lowest BCUT2D eigenvalue weighted by molar-refractivity contribution is 0.132. The van der Waals surface area contributed by atoms with E-state index in [9.17, 15) is 0 Å². The molecule has 0 radical (unpaired) electrons. The number of nitrogens with zero attached hydrogens (tertiary/aromatic N) is 2. The molecule has 0 aromatic heterocycles. The second-order valence-electron chi connectivity index (χ2n) is 4.96. The van der Waals surface area contributed by atoms with E-state index < -0.39 is 0 Å². The summed E-state index contributed by atoms with van der Waals surface area (Å²) >= 11 is 0. The molecule has 0 atom stereocenters. The van der Waals surface area contributed by atoms with Gasteiger partial charge >= 0.3 is 0 Å². The fourth-order valence-electron chi connectivity index (χ4n) is 2.43. The number of benzene rings is 1. The average molecular weight is 278 g/mol. The van der Waals surface area contributed by atoms with Crippen molar-refractivity contribution in [1.29, 1.82) is 0 Å². The van der Waals surface area contributed by atoms with Crippen molar-refractivity contribution in [3.05, 3.63) is 35.4 Å². The van der Waals surface area contributed by atoms with Gasteiger partial charge in [-0.05, 0) is 17.7 Å². The first-order chi connectivity index (χ1) is 9.81. The molecule has 20 heavy (non-hydrogen) atoms. The van der Waals surface area contributed by atoms with Crippen LogP contribution < -0.4 is 0 Å². The van der Waals surface area contributed by atoms with Crippen molar-refractivity contribution in [1.82, 2.24) is 9.80 Å². The van der Waals surface area contributed by atoms with E-state index in [1.807, 2.05) is 13.8 Å². The van der Waals surface area contributed by atoms with Crippen molar-refractivity contribution in [3.8, 4) is 0 Å². The molecule has 0 unspecified atom stereocenters. The maximum Gasteiger partial charge on any atom is 0.0713 e. The van der Waals surface area contributed by atoms with Crippen LogP contribution in [0.4, 0.5) is 0 Å². The lowest BCUT2D eigenvalue weighted by Gasteiger charge is -2.34. The lowest BCUT2D eigenvalue weighted by atomic mass is 10.1. The molecule has 0 amide bonds. The van der Waals surface area contributed by atoms with Crippen LogP contribution in [0.2, 0.25) is 0 Å². The molecule has 1 fully saturated rings. The predicted octanol–water partition coefficient (Wildman–Crippen LogP) is 3.00. The molecule has 1 heterocycles. The lowest BCUT2D eigenvalue weighted by Crippen LogP contribution is -2.45. The molecule has 0 N–H and O–H groups in total. The maximum atomic E-state index is 5.13. The Kier molecular flexibility index (Phi) is 8.51. The summed E-state index contributed by atoms with van der Waals surface area (Å²) in [6, 6.07) is 8.78. The summed E-state index contributed by atoms with van der Waals surface area (Å²) in [6.45, 7) is 14.0. The molecule has 0 bridgehead atoms. The summed E-state index contributed by atoms with van der Waals surface area (Å²) < 4.78 is 5.13. The molecule has 0 aliphatic carbocycles. The molecule has 0 saturated carbocycles. The number of hydrogen-bond donors (Lipinski definition) is 0. The first-order valence-corrected chi connectivity index (χ1v) is 7.83. The Bertz CT molecular complexity index is 343. The van der Waals surface area contributed by atoms with Crippen molar-refractivity contribution in [2.75, 3.05) is 39.8 Å². The Morgan fingerprint density at radius 3 is 1.90 bits per heavy atom. The zero-order chi connectivity index (χ0) is 14.8. The van der Waals surface area contributed by atoms with Gasteiger partial charge in [0, 0.05) is 39.8 Å².